The minimum absolute atomic E-state index is 0.366. The quantitative estimate of drug-likeness (QED) is 0.181. The first-order valence-electron chi connectivity index (χ1n) is 9.02. The number of hydrogen-bond donors (Lipinski definition) is 2. The van der Waals surface area contributed by atoms with Gasteiger partial charge in [0.25, 0.3) is 0 Å². The third-order valence-corrected chi connectivity index (χ3v) is 4.82. The molecular formula is C20H17Br2Cl3N8. The third-order valence-electron chi connectivity index (χ3n) is 3.39. The van der Waals surface area contributed by atoms with Crippen LogP contribution in [0.1, 0.15) is 11.1 Å². The Morgan fingerprint density at radius 2 is 1.18 bits per heavy atom. The van der Waals surface area contributed by atoms with Crippen LogP contribution in [0.15, 0.2) is 58.3 Å². The first-order chi connectivity index (χ1) is 15.6. The topological polar surface area (TPSA) is 115 Å². The Balaban J connectivity index is 0.000000192. The molecule has 13 heteroatoms. The summed E-state index contributed by atoms with van der Waals surface area (Å²) in [6.45, 7) is 3.97. The lowest BCUT2D eigenvalue weighted by atomic mass is 10.3. The second kappa shape index (κ2) is 13.6. The molecule has 4 rings (SSSR count). The van der Waals surface area contributed by atoms with E-state index in [1.54, 1.807) is 6.07 Å². The van der Waals surface area contributed by atoms with Crippen molar-refractivity contribution in [2.24, 2.45) is 0 Å². The first kappa shape index (κ1) is 27.1. The molecule has 0 atom stereocenters. The Bertz CT molecular complexity index is 1130. The highest BCUT2D eigenvalue weighted by Gasteiger charge is 2.01. The number of nitrogens with one attached hydrogen (secondary N) is 1. The molecule has 4 aromatic rings. The van der Waals surface area contributed by atoms with Crippen LogP contribution in [0.2, 0.25) is 15.5 Å². The molecule has 4 heterocycles. The summed E-state index contributed by atoms with van der Waals surface area (Å²) in [6.07, 6.45) is 2.71. The number of hydrogen-bond acceptors (Lipinski definition) is 8. The van der Waals surface area contributed by atoms with Gasteiger partial charge in [-0.05, 0) is 81.1 Å². The predicted molar refractivity (Wildman–Crippen MR) is 140 cm³/mol. The molecule has 0 bridgehead atoms. The second-order valence-corrected chi connectivity index (χ2v) is 9.05. The number of pyridine rings is 2. The van der Waals surface area contributed by atoms with Gasteiger partial charge in [-0.2, -0.15) is 0 Å². The number of nitrogens with two attached hydrogens (primary N) is 1. The Kier molecular flexibility index (Phi) is 11.2. The number of aryl methyl sites for hydroxylation is 2. The Morgan fingerprint density at radius 3 is 1.64 bits per heavy atom. The van der Waals surface area contributed by atoms with Crippen LogP contribution in [0, 0.1) is 13.8 Å². The van der Waals surface area contributed by atoms with Crippen molar-refractivity contribution in [2.45, 2.75) is 13.8 Å². The van der Waals surface area contributed by atoms with Crippen LogP contribution < -0.4 is 11.1 Å². The van der Waals surface area contributed by atoms with E-state index in [1.165, 1.54) is 18.7 Å². The lowest BCUT2D eigenvalue weighted by Gasteiger charge is -2.05. The van der Waals surface area contributed by atoms with Gasteiger partial charge in [-0.25, -0.2) is 29.9 Å². The van der Waals surface area contributed by atoms with Gasteiger partial charge < -0.3 is 11.1 Å². The molecule has 0 aromatic carbocycles. The van der Waals surface area contributed by atoms with E-state index in [0.717, 1.165) is 20.3 Å². The van der Waals surface area contributed by atoms with Crippen molar-refractivity contribution in [2.75, 3.05) is 11.1 Å². The van der Waals surface area contributed by atoms with E-state index in [4.69, 9.17) is 40.5 Å². The summed E-state index contributed by atoms with van der Waals surface area (Å²) in [7, 11) is 0. The number of halogens is 5. The average Bonchev–Trinajstić information content (AvgIpc) is 2.67. The zero-order valence-electron chi connectivity index (χ0n) is 17.3. The van der Waals surface area contributed by atoms with Crippen LogP contribution in [0.25, 0.3) is 0 Å². The molecule has 0 saturated carbocycles. The summed E-state index contributed by atoms with van der Waals surface area (Å²) in [6, 6.07) is 10.7. The molecule has 3 N–H and O–H groups in total. The molecule has 0 amide bonds. The van der Waals surface area contributed by atoms with Crippen LogP contribution >= 0.6 is 66.7 Å². The van der Waals surface area contributed by atoms with E-state index < -0.39 is 0 Å². The predicted octanol–water partition coefficient (Wildman–Crippen LogP) is 6.86. The van der Waals surface area contributed by atoms with Gasteiger partial charge in [-0.15, -0.1) is 0 Å². The highest BCUT2D eigenvalue weighted by molar-refractivity contribution is 9.10. The molecule has 0 spiro atoms. The van der Waals surface area contributed by atoms with Crippen LogP contribution in [-0.4, -0.2) is 29.9 Å². The monoisotopic (exact) mass is 632 g/mol. The summed E-state index contributed by atoms with van der Waals surface area (Å²) >= 11 is 23.1. The minimum atomic E-state index is 0.366. The SMILES string of the molecule is Cc1cc(Br)nc(Nc2cc(Cl)ncn2)c1.Cc1cc(N)nc(Br)c1.Clc1cc(Cl)ncn1. The van der Waals surface area contributed by atoms with Crippen LogP contribution in [-0.2, 0) is 0 Å². The summed E-state index contributed by atoms with van der Waals surface area (Å²) in [4.78, 5) is 23.2. The Labute approximate surface area is 222 Å². The van der Waals surface area contributed by atoms with Gasteiger partial charge in [0, 0.05) is 12.1 Å². The number of rotatable bonds is 2. The van der Waals surface area contributed by atoms with E-state index in [0.29, 0.717) is 32.9 Å². The molecule has 0 saturated heterocycles. The van der Waals surface area contributed by atoms with E-state index in [1.807, 2.05) is 38.1 Å². The highest BCUT2D eigenvalue weighted by Crippen LogP contribution is 2.18. The Morgan fingerprint density at radius 1 is 0.667 bits per heavy atom. The molecule has 8 nitrogen and oxygen atoms in total. The van der Waals surface area contributed by atoms with E-state index in [2.05, 4.69) is 67.1 Å². The van der Waals surface area contributed by atoms with Crippen LogP contribution in [0.5, 0.6) is 0 Å². The van der Waals surface area contributed by atoms with Crippen molar-refractivity contribution in [3.63, 3.8) is 0 Å². The van der Waals surface area contributed by atoms with Crippen LogP contribution in [0.3, 0.4) is 0 Å². The van der Waals surface area contributed by atoms with Crippen molar-refractivity contribution in [3.05, 3.63) is 84.8 Å². The van der Waals surface area contributed by atoms with E-state index in [-0.39, 0.29) is 0 Å². The highest BCUT2D eigenvalue weighted by atomic mass is 79.9. The maximum atomic E-state index is 5.75. The molecule has 33 heavy (non-hydrogen) atoms. The standard InChI is InChI=1S/C10H8BrClN4.C6H7BrN2.C4H2Cl2N2/c1-6-2-7(11)15-10(3-6)16-9-4-8(12)13-5-14-9;1-4-2-5(7)9-6(8)3-4;5-3-1-4(6)8-2-7-3/h2-5H,1H3,(H,13,14,15,16);2-3H,1H3,(H2,8,9);1-2H. The van der Waals surface area contributed by atoms with Gasteiger partial charge in [-0.1, -0.05) is 34.8 Å². The fourth-order valence-electron chi connectivity index (χ4n) is 2.18. The fraction of sp³-hybridized carbons (Fsp3) is 0.100. The Hall–Kier alpha value is -2.11. The molecule has 0 unspecified atom stereocenters. The molecule has 0 fully saturated rings. The van der Waals surface area contributed by atoms with Gasteiger partial charge >= 0.3 is 0 Å². The molecule has 4 aromatic heterocycles. The maximum Gasteiger partial charge on any atom is 0.136 e. The number of aromatic nitrogens is 6. The number of anilines is 3. The lowest BCUT2D eigenvalue weighted by molar-refractivity contribution is 1.15. The first-order valence-corrected chi connectivity index (χ1v) is 11.7. The van der Waals surface area contributed by atoms with Gasteiger partial charge in [0.1, 0.15) is 54.8 Å². The minimum Gasteiger partial charge on any atom is -0.384 e. The van der Waals surface area contributed by atoms with Gasteiger partial charge in [-0.3, -0.25) is 0 Å². The normalized spacial score (nSPS) is 9.79. The molecule has 172 valence electrons. The summed E-state index contributed by atoms with van der Waals surface area (Å²) in [5.41, 5.74) is 7.64. The molecule has 0 aliphatic carbocycles. The second-order valence-electron chi connectivity index (χ2n) is 6.26. The van der Waals surface area contributed by atoms with E-state index >= 15 is 0 Å². The fourth-order valence-corrected chi connectivity index (χ4v) is 3.80. The van der Waals surface area contributed by atoms with Crippen molar-refractivity contribution in [1.29, 1.82) is 0 Å². The molecular weight excluding hydrogens is 618 g/mol. The van der Waals surface area contributed by atoms with E-state index in [9.17, 15) is 0 Å². The van der Waals surface area contributed by atoms with Crippen molar-refractivity contribution in [1.82, 2.24) is 29.9 Å². The lowest BCUT2D eigenvalue weighted by Crippen LogP contribution is -1.97. The maximum absolute atomic E-state index is 5.75. The summed E-state index contributed by atoms with van der Waals surface area (Å²) in [5, 5.41) is 4.17. The molecule has 0 aliphatic rings. The smallest absolute Gasteiger partial charge is 0.136 e. The van der Waals surface area contributed by atoms with Crippen molar-refractivity contribution in [3.8, 4) is 0 Å². The van der Waals surface area contributed by atoms with Crippen molar-refractivity contribution < 1.29 is 0 Å². The van der Waals surface area contributed by atoms with Crippen molar-refractivity contribution >= 4 is 84.1 Å². The molecule has 0 radical (unpaired) electrons. The number of nitrogen functional groups attached to an aromatic ring is 1. The van der Waals surface area contributed by atoms with Gasteiger partial charge in [0.05, 0.1) is 0 Å². The zero-order chi connectivity index (χ0) is 24.4. The van der Waals surface area contributed by atoms with Gasteiger partial charge in [0.2, 0.25) is 0 Å². The largest absolute Gasteiger partial charge is 0.384 e. The third kappa shape index (κ3) is 11.0. The number of nitrogens with zero attached hydrogens (tertiary/aromatic N) is 6. The summed E-state index contributed by atoms with van der Waals surface area (Å²) in [5.74, 6) is 1.88. The summed E-state index contributed by atoms with van der Waals surface area (Å²) < 4.78 is 1.56. The van der Waals surface area contributed by atoms with Crippen LogP contribution in [0.4, 0.5) is 17.5 Å². The zero-order valence-corrected chi connectivity index (χ0v) is 22.7. The average molecular weight is 636 g/mol. The van der Waals surface area contributed by atoms with Gasteiger partial charge in [0.15, 0.2) is 0 Å². The molecule has 0 aliphatic heterocycles.